The fourth-order valence-electron chi connectivity index (χ4n) is 3.20. The second kappa shape index (κ2) is 13.3. The summed E-state index contributed by atoms with van der Waals surface area (Å²) in [5.41, 5.74) is 5.16. The van der Waals surface area contributed by atoms with Gasteiger partial charge >= 0.3 is 0 Å². The standard InChI is InChI=1S/C25H34O.C2H6/c1-21(2)13-8-5-6-11-18-26-25(3,4)20-22-14-12-17-24(19-22)23-15-9-7-10-16-23;1-2/h7,9-10,12-17,19H,5-6,8,11,18,20H2,1-4H3;1-2H3. The lowest BCUT2D eigenvalue weighted by molar-refractivity contribution is -0.0186. The third-order valence-electron chi connectivity index (χ3n) is 4.56. The quantitative estimate of drug-likeness (QED) is 0.298. The monoisotopic (exact) mass is 380 g/mol. The summed E-state index contributed by atoms with van der Waals surface area (Å²) in [6.45, 7) is 13.6. The van der Waals surface area contributed by atoms with Crippen LogP contribution in [-0.4, -0.2) is 12.2 Å². The summed E-state index contributed by atoms with van der Waals surface area (Å²) in [4.78, 5) is 0. The molecule has 0 heterocycles. The average molecular weight is 381 g/mol. The van der Waals surface area contributed by atoms with Crippen LogP contribution in [0.4, 0.5) is 0 Å². The van der Waals surface area contributed by atoms with Crippen molar-refractivity contribution in [2.24, 2.45) is 0 Å². The van der Waals surface area contributed by atoms with Crippen LogP contribution in [-0.2, 0) is 11.2 Å². The number of rotatable bonds is 10. The van der Waals surface area contributed by atoms with Crippen LogP contribution in [0, 0.1) is 0 Å². The van der Waals surface area contributed by atoms with Crippen molar-refractivity contribution in [1.29, 1.82) is 0 Å². The minimum atomic E-state index is -0.130. The van der Waals surface area contributed by atoms with Gasteiger partial charge in [0.25, 0.3) is 0 Å². The second-order valence-electron chi connectivity index (χ2n) is 7.98. The number of allylic oxidation sites excluding steroid dienone is 2. The summed E-state index contributed by atoms with van der Waals surface area (Å²) in [5.74, 6) is 0. The molecule has 0 N–H and O–H groups in total. The summed E-state index contributed by atoms with van der Waals surface area (Å²) in [6.07, 6.45) is 8.09. The van der Waals surface area contributed by atoms with E-state index < -0.39 is 0 Å². The van der Waals surface area contributed by atoms with Crippen molar-refractivity contribution in [3.05, 3.63) is 71.8 Å². The van der Waals surface area contributed by atoms with Gasteiger partial charge in [0.15, 0.2) is 0 Å². The predicted molar refractivity (Wildman–Crippen MR) is 125 cm³/mol. The molecule has 2 rings (SSSR count). The number of hydrogen-bond donors (Lipinski definition) is 0. The Morgan fingerprint density at radius 2 is 1.54 bits per heavy atom. The Labute approximate surface area is 173 Å². The Kier molecular flexibility index (Phi) is 11.5. The van der Waals surface area contributed by atoms with Crippen LogP contribution in [0.1, 0.15) is 72.8 Å². The highest BCUT2D eigenvalue weighted by molar-refractivity contribution is 5.63. The molecular formula is C27H40O. The molecule has 0 unspecified atom stereocenters. The molecule has 0 aliphatic rings. The topological polar surface area (TPSA) is 9.23 Å². The van der Waals surface area contributed by atoms with Crippen LogP contribution < -0.4 is 0 Å². The molecule has 1 heteroatoms. The number of hydrogen-bond acceptors (Lipinski definition) is 1. The minimum absolute atomic E-state index is 0.130. The number of ether oxygens (including phenoxy) is 1. The summed E-state index contributed by atoms with van der Waals surface area (Å²) >= 11 is 0. The number of benzene rings is 2. The maximum Gasteiger partial charge on any atom is 0.0666 e. The van der Waals surface area contributed by atoms with Crippen molar-refractivity contribution in [1.82, 2.24) is 0 Å². The van der Waals surface area contributed by atoms with Gasteiger partial charge in [-0.15, -0.1) is 0 Å². The first-order valence-corrected chi connectivity index (χ1v) is 10.9. The first-order chi connectivity index (χ1) is 13.5. The van der Waals surface area contributed by atoms with Gasteiger partial charge in [0, 0.05) is 13.0 Å². The third-order valence-corrected chi connectivity index (χ3v) is 4.56. The molecule has 0 aliphatic carbocycles. The molecule has 1 nitrogen and oxygen atoms in total. The first-order valence-electron chi connectivity index (χ1n) is 10.9. The molecular weight excluding hydrogens is 340 g/mol. The van der Waals surface area contributed by atoms with E-state index in [1.807, 2.05) is 13.8 Å². The molecule has 2 aromatic carbocycles. The van der Waals surface area contributed by atoms with Gasteiger partial charge < -0.3 is 4.74 Å². The van der Waals surface area contributed by atoms with E-state index in [1.165, 1.54) is 41.5 Å². The highest BCUT2D eigenvalue weighted by Crippen LogP contribution is 2.24. The molecule has 0 aliphatic heterocycles. The Morgan fingerprint density at radius 1 is 0.857 bits per heavy atom. The minimum Gasteiger partial charge on any atom is -0.375 e. The lowest BCUT2D eigenvalue weighted by Gasteiger charge is -2.26. The molecule has 0 radical (unpaired) electrons. The Hall–Kier alpha value is -1.86. The second-order valence-corrected chi connectivity index (χ2v) is 7.98. The van der Waals surface area contributed by atoms with Crippen molar-refractivity contribution in [2.45, 2.75) is 79.2 Å². The fourth-order valence-corrected chi connectivity index (χ4v) is 3.20. The van der Waals surface area contributed by atoms with E-state index in [0.29, 0.717) is 0 Å². The zero-order valence-corrected chi connectivity index (χ0v) is 18.9. The normalized spacial score (nSPS) is 10.8. The largest absolute Gasteiger partial charge is 0.375 e. The molecule has 0 saturated heterocycles. The molecule has 0 bridgehead atoms. The van der Waals surface area contributed by atoms with Gasteiger partial charge in [-0.3, -0.25) is 0 Å². The highest BCUT2D eigenvalue weighted by atomic mass is 16.5. The average Bonchev–Trinajstić information content (AvgIpc) is 2.69. The van der Waals surface area contributed by atoms with Crippen molar-refractivity contribution in [2.75, 3.05) is 6.61 Å². The maximum atomic E-state index is 6.19. The van der Waals surface area contributed by atoms with Gasteiger partial charge in [-0.2, -0.15) is 0 Å². The zero-order chi connectivity index (χ0) is 20.8. The van der Waals surface area contributed by atoms with Gasteiger partial charge in [0.05, 0.1) is 5.60 Å². The zero-order valence-electron chi connectivity index (χ0n) is 18.9. The molecule has 0 saturated carbocycles. The van der Waals surface area contributed by atoms with E-state index in [0.717, 1.165) is 19.4 Å². The van der Waals surface area contributed by atoms with Crippen LogP contribution in [0.15, 0.2) is 66.2 Å². The lowest BCUT2D eigenvalue weighted by Crippen LogP contribution is -2.27. The Bertz CT molecular complexity index is 678. The Morgan fingerprint density at radius 3 is 2.21 bits per heavy atom. The van der Waals surface area contributed by atoms with Crippen molar-refractivity contribution < 1.29 is 4.74 Å². The summed E-state index contributed by atoms with van der Waals surface area (Å²) in [6, 6.07) is 19.4. The first kappa shape index (κ1) is 24.2. The molecule has 154 valence electrons. The van der Waals surface area contributed by atoms with Crippen LogP contribution >= 0.6 is 0 Å². The highest BCUT2D eigenvalue weighted by Gasteiger charge is 2.19. The van der Waals surface area contributed by atoms with Crippen molar-refractivity contribution in [3.8, 4) is 11.1 Å². The molecule has 2 aromatic rings. The number of unbranched alkanes of at least 4 members (excludes halogenated alkanes) is 3. The van der Waals surface area contributed by atoms with Crippen molar-refractivity contribution >= 4 is 0 Å². The van der Waals surface area contributed by atoms with E-state index in [4.69, 9.17) is 4.74 Å². The van der Waals surface area contributed by atoms with E-state index >= 15 is 0 Å². The molecule has 0 atom stereocenters. The predicted octanol–water partition coefficient (Wildman–Crippen LogP) is 8.24. The van der Waals surface area contributed by atoms with Gasteiger partial charge in [-0.25, -0.2) is 0 Å². The third kappa shape index (κ3) is 9.90. The maximum absolute atomic E-state index is 6.19. The smallest absolute Gasteiger partial charge is 0.0666 e. The van der Waals surface area contributed by atoms with Gasteiger partial charge in [-0.1, -0.05) is 86.5 Å². The van der Waals surface area contributed by atoms with Crippen molar-refractivity contribution in [3.63, 3.8) is 0 Å². The van der Waals surface area contributed by atoms with Gasteiger partial charge in [0.2, 0.25) is 0 Å². The van der Waals surface area contributed by atoms with Crippen LogP contribution in [0.25, 0.3) is 11.1 Å². The van der Waals surface area contributed by atoms with E-state index in [-0.39, 0.29) is 5.60 Å². The fraction of sp³-hybridized carbons (Fsp3) is 0.481. The molecule has 0 amide bonds. The summed E-state index contributed by atoms with van der Waals surface area (Å²) < 4.78 is 6.19. The Balaban J connectivity index is 0.00000190. The molecule has 28 heavy (non-hydrogen) atoms. The van der Waals surface area contributed by atoms with Crippen LogP contribution in [0.3, 0.4) is 0 Å². The van der Waals surface area contributed by atoms with Crippen LogP contribution in [0.5, 0.6) is 0 Å². The summed E-state index contributed by atoms with van der Waals surface area (Å²) in [7, 11) is 0. The van der Waals surface area contributed by atoms with Gasteiger partial charge in [-0.05, 0) is 63.6 Å². The van der Waals surface area contributed by atoms with Crippen LogP contribution in [0.2, 0.25) is 0 Å². The molecule has 0 aromatic heterocycles. The molecule has 0 fully saturated rings. The van der Waals surface area contributed by atoms with Gasteiger partial charge in [0.1, 0.15) is 0 Å². The summed E-state index contributed by atoms with van der Waals surface area (Å²) in [5, 5.41) is 0. The van der Waals surface area contributed by atoms with E-state index in [9.17, 15) is 0 Å². The molecule has 0 spiro atoms. The SMILES string of the molecule is CC.CC(C)=CCCCCCOC(C)(C)Cc1cccc(-c2ccccc2)c1. The van der Waals surface area contributed by atoms with E-state index in [2.05, 4.69) is 88.4 Å². The van der Waals surface area contributed by atoms with E-state index in [1.54, 1.807) is 0 Å². The lowest BCUT2D eigenvalue weighted by atomic mass is 9.95.